The van der Waals surface area contributed by atoms with E-state index in [0.717, 1.165) is 16.9 Å². The molecule has 3 nitrogen and oxygen atoms in total. The minimum atomic E-state index is -0.0211. The smallest absolute Gasteiger partial charge is 0.178 e. The molecule has 0 aliphatic heterocycles. The Morgan fingerprint density at radius 2 is 1.68 bits per heavy atom. The zero-order valence-corrected chi connectivity index (χ0v) is 11.4. The van der Waals surface area contributed by atoms with Gasteiger partial charge in [-0.1, -0.05) is 18.2 Å². The van der Waals surface area contributed by atoms with E-state index in [1.54, 1.807) is 12.3 Å². The maximum Gasteiger partial charge on any atom is 0.178 e. The van der Waals surface area contributed by atoms with Crippen LogP contribution in [0.1, 0.15) is 31.3 Å². The normalized spacial score (nSPS) is 10.5. The summed E-state index contributed by atoms with van der Waals surface area (Å²) in [5.41, 5.74) is 2.53. The first-order valence-electron chi connectivity index (χ1n) is 6.30. The zero-order chi connectivity index (χ0) is 13.8. The largest absolute Gasteiger partial charge is 0.491 e. The van der Waals surface area contributed by atoms with Crippen LogP contribution in [0.4, 0.5) is 0 Å². The predicted molar refractivity (Wildman–Crippen MR) is 75.4 cm³/mol. The van der Waals surface area contributed by atoms with E-state index >= 15 is 0 Å². The fourth-order valence-corrected chi connectivity index (χ4v) is 1.77. The quantitative estimate of drug-likeness (QED) is 0.781. The summed E-state index contributed by atoms with van der Waals surface area (Å²) in [6.07, 6.45) is 1.89. The molecule has 0 saturated heterocycles. The Kier molecular flexibility index (Phi) is 3.95. The Morgan fingerprint density at radius 1 is 1.05 bits per heavy atom. The maximum absolute atomic E-state index is 11.2. The van der Waals surface area contributed by atoms with Gasteiger partial charge in [0.25, 0.3) is 0 Å². The van der Waals surface area contributed by atoms with Gasteiger partial charge < -0.3 is 4.74 Å². The molecule has 0 aliphatic carbocycles. The van der Waals surface area contributed by atoms with E-state index in [9.17, 15) is 4.79 Å². The third kappa shape index (κ3) is 3.41. The van der Waals surface area contributed by atoms with E-state index in [-0.39, 0.29) is 11.9 Å². The molecule has 3 heteroatoms. The summed E-state index contributed by atoms with van der Waals surface area (Å²) in [5.74, 6) is 0.833. The number of carbonyl (C=O) groups excluding carboxylic acids is 1. The van der Waals surface area contributed by atoms with Crippen LogP contribution in [-0.2, 0) is 0 Å². The number of nitrogens with zero attached hydrogens (tertiary/aromatic N) is 1. The van der Waals surface area contributed by atoms with Gasteiger partial charge in [0.2, 0.25) is 0 Å². The van der Waals surface area contributed by atoms with Crippen LogP contribution in [0.5, 0.6) is 5.75 Å². The van der Waals surface area contributed by atoms with Crippen LogP contribution in [0.25, 0.3) is 11.1 Å². The molecular weight excluding hydrogens is 238 g/mol. The van der Waals surface area contributed by atoms with Gasteiger partial charge in [-0.25, -0.2) is 0 Å². The van der Waals surface area contributed by atoms with Gasteiger partial charge in [-0.2, -0.15) is 0 Å². The van der Waals surface area contributed by atoms with E-state index in [0.29, 0.717) is 5.69 Å². The molecule has 19 heavy (non-hydrogen) atoms. The van der Waals surface area contributed by atoms with Crippen LogP contribution in [0.3, 0.4) is 0 Å². The van der Waals surface area contributed by atoms with Gasteiger partial charge in [0.05, 0.1) is 6.10 Å². The minimum Gasteiger partial charge on any atom is -0.491 e. The summed E-state index contributed by atoms with van der Waals surface area (Å²) < 4.78 is 5.60. The summed E-state index contributed by atoms with van der Waals surface area (Å²) >= 11 is 0. The maximum atomic E-state index is 11.2. The van der Waals surface area contributed by atoms with E-state index in [1.807, 2.05) is 44.2 Å². The Labute approximate surface area is 113 Å². The third-order valence-corrected chi connectivity index (χ3v) is 2.68. The van der Waals surface area contributed by atoms with Crippen molar-refractivity contribution < 1.29 is 9.53 Å². The lowest BCUT2D eigenvalue weighted by atomic mass is 10.1. The number of rotatable bonds is 4. The molecule has 98 valence electrons. The molecule has 0 fully saturated rings. The van der Waals surface area contributed by atoms with Crippen LogP contribution >= 0.6 is 0 Å². The number of aromatic nitrogens is 1. The number of benzene rings is 1. The Morgan fingerprint density at radius 3 is 2.16 bits per heavy atom. The number of hydrogen-bond acceptors (Lipinski definition) is 3. The molecule has 0 amide bonds. The molecule has 0 bridgehead atoms. The van der Waals surface area contributed by atoms with E-state index in [4.69, 9.17) is 4.74 Å². The van der Waals surface area contributed by atoms with Gasteiger partial charge >= 0.3 is 0 Å². The van der Waals surface area contributed by atoms with Crippen molar-refractivity contribution in [1.82, 2.24) is 4.98 Å². The second kappa shape index (κ2) is 5.65. The minimum absolute atomic E-state index is 0.0211. The first-order chi connectivity index (χ1) is 9.06. The molecule has 0 radical (unpaired) electrons. The lowest BCUT2D eigenvalue weighted by molar-refractivity contribution is 0.101. The Bertz CT molecular complexity index is 556. The number of hydrogen-bond donors (Lipinski definition) is 0. The molecule has 1 aromatic carbocycles. The van der Waals surface area contributed by atoms with Crippen molar-refractivity contribution >= 4 is 5.78 Å². The van der Waals surface area contributed by atoms with Gasteiger partial charge in [0.1, 0.15) is 11.4 Å². The standard InChI is InChI=1S/C16H17NO2/c1-11(2)19-15-7-4-13(5-8-15)14-6-9-16(12(3)18)17-10-14/h4-11H,1-3H3. The molecule has 0 spiro atoms. The van der Waals surface area contributed by atoms with Crippen molar-refractivity contribution in [3.63, 3.8) is 0 Å². The summed E-state index contributed by atoms with van der Waals surface area (Å²) in [4.78, 5) is 15.3. The highest BCUT2D eigenvalue weighted by Gasteiger charge is 2.03. The molecule has 1 heterocycles. The number of pyridine rings is 1. The van der Waals surface area contributed by atoms with Crippen molar-refractivity contribution in [2.75, 3.05) is 0 Å². The SMILES string of the molecule is CC(=O)c1ccc(-c2ccc(OC(C)C)cc2)cn1. The van der Waals surface area contributed by atoms with Crippen molar-refractivity contribution in [3.05, 3.63) is 48.3 Å². The highest BCUT2D eigenvalue weighted by Crippen LogP contribution is 2.22. The third-order valence-electron chi connectivity index (χ3n) is 2.68. The summed E-state index contributed by atoms with van der Waals surface area (Å²) in [6.45, 7) is 5.51. The van der Waals surface area contributed by atoms with Gasteiger partial charge in [-0.3, -0.25) is 9.78 Å². The molecule has 2 rings (SSSR count). The molecular formula is C16H17NO2. The molecule has 0 saturated carbocycles. The van der Waals surface area contributed by atoms with E-state index in [2.05, 4.69) is 4.98 Å². The van der Waals surface area contributed by atoms with Crippen LogP contribution in [-0.4, -0.2) is 16.9 Å². The Balaban J connectivity index is 2.19. The lowest BCUT2D eigenvalue weighted by Crippen LogP contribution is -2.05. The van der Waals surface area contributed by atoms with Crippen molar-refractivity contribution in [2.45, 2.75) is 26.9 Å². The predicted octanol–water partition coefficient (Wildman–Crippen LogP) is 3.74. The number of Topliss-reactive ketones (excluding diaryl/α,β-unsaturated/α-hetero) is 1. The summed E-state index contributed by atoms with van der Waals surface area (Å²) in [5, 5.41) is 0. The summed E-state index contributed by atoms with van der Waals surface area (Å²) in [6, 6.07) is 11.5. The first-order valence-corrected chi connectivity index (χ1v) is 6.30. The highest BCUT2D eigenvalue weighted by molar-refractivity contribution is 5.92. The molecule has 0 N–H and O–H groups in total. The van der Waals surface area contributed by atoms with Crippen molar-refractivity contribution in [2.24, 2.45) is 0 Å². The summed E-state index contributed by atoms with van der Waals surface area (Å²) in [7, 11) is 0. The van der Waals surface area contributed by atoms with Crippen LogP contribution < -0.4 is 4.74 Å². The molecule has 2 aromatic rings. The first kappa shape index (κ1) is 13.3. The topological polar surface area (TPSA) is 39.2 Å². The monoisotopic (exact) mass is 255 g/mol. The van der Waals surface area contributed by atoms with Gasteiger partial charge in [-0.05, 0) is 37.6 Å². The van der Waals surface area contributed by atoms with Crippen molar-refractivity contribution in [1.29, 1.82) is 0 Å². The van der Waals surface area contributed by atoms with Gasteiger partial charge in [0, 0.05) is 18.7 Å². The number of ether oxygens (including phenoxy) is 1. The average molecular weight is 255 g/mol. The van der Waals surface area contributed by atoms with Gasteiger partial charge in [0.15, 0.2) is 5.78 Å². The molecule has 0 aliphatic rings. The number of carbonyl (C=O) groups is 1. The molecule has 0 unspecified atom stereocenters. The highest BCUT2D eigenvalue weighted by atomic mass is 16.5. The van der Waals surface area contributed by atoms with E-state index in [1.165, 1.54) is 6.92 Å². The van der Waals surface area contributed by atoms with Crippen LogP contribution in [0.15, 0.2) is 42.6 Å². The number of ketones is 1. The zero-order valence-electron chi connectivity index (χ0n) is 11.4. The fourth-order valence-electron chi connectivity index (χ4n) is 1.77. The van der Waals surface area contributed by atoms with Crippen LogP contribution in [0, 0.1) is 0 Å². The fraction of sp³-hybridized carbons (Fsp3) is 0.250. The average Bonchev–Trinajstić information content (AvgIpc) is 2.39. The second-order valence-corrected chi connectivity index (χ2v) is 4.68. The Hall–Kier alpha value is -2.16. The van der Waals surface area contributed by atoms with E-state index < -0.39 is 0 Å². The van der Waals surface area contributed by atoms with Gasteiger partial charge in [-0.15, -0.1) is 0 Å². The van der Waals surface area contributed by atoms with Crippen LogP contribution in [0.2, 0.25) is 0 Å². The lowest BCUT2D eigenvalue weighted by Gasteiger charge is -2.10. The molecule has 1 aromatic heterocycles. The molecule has 0 atom stereocenters. The second-order valence-electron chi connectivity index (χ2n) is 4.68. The van der Waals surface area contributed by atoms with Crippen molar-refractivity contribution in [3.8, 4) is 16.9 Å².